The average molecular weight is 287 g/mol. The predicted molar refractivity (Wildman–Crippen MR) is 73.1 cm³/mol. The van der Waals surface area contributed by atoms with Crippen LogP contribution in [-0.2, 0) is 0 Å². The van der Waals surface area contributed by atoms with E-state index in [0.29, 0.717) is 11.2 Å². The second-order valence-electron chi connectivity index (χ2n) is 4.17. The lowest BCUT2D eigenvalue weighted by molar-refractivity contribution is 0.627. The Hall–Kier alpha value is -2.52. The number of benzene rings is 2. The highest BCUT2D eigenvalue weighted by atomic mass is 32.1. The van der Waals surface area contributed by atoms with Crippen LogP contribution in [-0.4, -0.2) is 9.55 Å². The molecular formula is C14H7F2N3S. The second-order valence-corrected chi connectivity index (χ2v) is 4.56. The van der Waals surface area contributed by atoms with E-state index in [1.165, 1.54) is 22.8 Å². The molecule has 1 aromatic heterocycles. The quantitative estimate of drug-likeness (QED) is 0.691. The fourth-order valence-corrected chi connectivity index (χ4v) is 2.43. The summed E-state index contributed by atoms with van der Waals surface area (Å²) in [6.07, 6.45) is 0. The molecule has 2 aromatic carbocycles. The van der Waals surface area contributed by atoms with E-state index in [0.717, 1.165) is 6.07 Å². The minimum absolute atomic E-state index is 0.131. The zero-order valence-electron chi connectivity index (χ0n) is 10.0. The van der Waals surface area contributed by atoms with Gasteiger partial charge in [0.1, 0.15) is 23.2 Å². The van der Waals surface area contributed by atoms with E-state index in [2.05, 4.69) is 4.98 Å². The number of imidazole rings is 1. The van der Waals surface area contributed by atoms with Crippen molar-refractivity contribution in [2.24, 2.45) is 0 Å². The lowest BCUT2D eigenvalue weighted by Crippen LogP contribution is -1.98. The Morgan fingerprint density at radius 1 is 1.20 bits per heavy atom. The summed E-state index contributed by atoms with van der Waals surface area (Å²) in [5.74, 6) is -0.948. The number of rotatable bonds is 1. The third kappa shape index (κ3) is 1.80. The summed E-state index contributed by atoms with van der Waals surface area (Å²) < 4.78 is 28.7. The van der Waals surface area contributed by atoms with Crippen molar-refractivity contribution in [1.29, 1.82) is 5.26 Å². The largest absolute Gasteiger partial charge is 0.328 e. The van der Waals surface area contributed by atoms with Crippen molar-refractivity contribution in [2.75, 3.05) is 0 Å². The molecular weight excluding hydrogens is 280 g/mol. The number of hydrogen-bond acceptors (Lipinski definition) is 2. The van der Waals surface area contributed by atoms with Crippen LogP contribution in [0.4, 0.5) is 8.78 Å². The second kappa shape index (κ2) is 4.54. The maximum Gasteiger partial charge on any atom is 0.182 e. The number of aromatic nitrogens is 2. The molecule has 0 spiro atoms. The first-order valence-corrected chi connectivity index (χ1v) is 6.12. The Bertz CT molecular complexity index is 918. The predicted octanol–water partition coefficient (Wildman–Crippen LogP) is 3.84. The molecule has 20 heavy (non-hydrogen) atoms. The standard InChI is InChI=1S/C14H7F2N3S/c15-9-4-5-11(8(6-9)7-17)19-12-3-1-2-10(16)13(12)18-14(19)20/h1-6H,(H,18,20). The Kier molecular flexibility index (Phi) is 2.84. The minimum atomic E-state index is -0.511. The van der Waals surface area contributed by atoms with E-state index >= 15 is 0 Å². The van der Waals surface area contributed by atoms with Crippen molar-refractivity contribution in [3.63, 3.8) is 0 Å². The van der Waals surface area contributed by atoms with Crippen LogP contribution in [0.15, 0.2) is 36.4 Å². The molecule has 0 aliphatic heterocycles. The molecule has 1 heterocycles. The maximum absolute atomic E-state index is 13.7. The van der Waals surface area contributed by atoms with Gasteiger partial charge in [0.2, 0.25) is 0 Å². The molecule has 0 aliphatic rings. The number of nitrogens with one attached hydrogen (secondary N) is 1. The first kappa shape index (κ1) is 12.5. The smallest absolute Gasteiger partial charge is 0.182 e. The molecule has 0 radical (unpaired) electrons. The van der Waals surface area contributed by atoms with Gasteiger partial charge in [-0.1, -0.05) is 6.07 Å². The van der Waals surface area contributed by atoms with Gasteiger partial charge in [-0.2, -0.15) is 5.26 Å². The first-order chi connectivity index (χ1) is 9.61. The van der Waals surface area contributed by atoms with Gasteiger partial charge in [0, 0.05) is 0 Å². The molecule has 1 N–H and O–H groups in total. The molecule has 3 rings (SSSR count). The van der Waals surface area contributed by atoms with Crippen molar-refractivity contribution >= 4 is 23.3 Å². The summed E-state index contributed by atoms with van der Waals surface area (Å²) in [4.78, 5) is 2.76. The van der Waals surface area contributed by atoms with Gasteiger partial charge in [0.05, 0.1) is 16.8 Å². The topological polar surface area (TPSA) is 44.5 Å². The van der Waals surface area contributed by atoms with Gasteiger partial charge in [-0.05, 0) is 42.5 Å². The lowest BCUT2D eigenvalue weighted by Gasteiger charge is -2.06. The summed E-state index contributed by atoms with van der Waals surface area (Å²) in [5.41, 5.74) is 1.30. The van der Waals surface area contributed by atoms with Crippen molar-refractivity contribution < 1.29 is 8.78 Å². The van der Waals surface area contributed by atoms with E-state index in [1.54, 1.807) is 12.1 Å². The molecule has 0 unspecified atom stereocenters. The van der Waals surface area contributed by atoms with Gasteiger partial charge in [-0.3, -0.25) is 4.57 Å². The summed E-state index contributed by atoms with van der Waals surface area (Å²) in [6, 6.07) is 10.3. The molecule has 0 amide bonds. The number of para-hydroxylation sites is 1. The van der Waals surface area contributed by atoms with Crippen LogP contribution < -0.4 is 0 Å². The zero-order valence-corrected chi connectivity index (χ0v) is 10.8. The molecule has 6 heteroatoms. The maximum atomic E-state index is 13.7. The van der Waals surface area contributed by atoms with Crippen LogP contribution in [0.3, 0.4) is 0 Å². The Morgan fingerprint density at radius 3 is 2.75 bits per heavy atom. The first-order valence-electron chi connectivity index (χ1n) is 5.71. The molecule has 3 aromatic rings. The number of hydrogen-bond donors (Lipinski definition) is 1. The van der Waals surface area contributed by atoms with Crippen LogP contribution >= 0.6 is 12.2 Å². The van der Waals surface area contributed by atoms with Gasteiger partial charge in [0.25, 0.3) is 0 Å². The fraction of sp³-hybridized carbons (Fsp3) is 0. The third-order valence-electron chi connectivity index (χ3n) is 2.99. The number of nitrogens with zero attached hydrogens (tertiary/aromatic N) is 2. The zero-order chi connectivity index (χ0) is 14.3. The van der Waals surface area contributed by atoms with Gasteiger partial charge in [-0.15, -0.1) is 0 Å². The Balaban J connectivity index is 2.42. The average Bonchev–Trinajstić information content (AvgIpc) is 2.77. The van der Waals surface area contributed by atoms with Crippen LogP contribution in [0.1, 0.15) is 5.56 Å². The van der Waals surface area contributed by atoms with Gasteiger partial charge >= 0.3 is 0 Å². The van der Waals surface area contributed by atoms with E-state index in [-0.39, 0.29) is 15.9 Å². The molecule has 3 nitrogen and oxygen atoms in total. The van der Waals surface area contributed by atoms with Crippen molar-refractivity contribution in [3.8, 4) is 11.8 Å². The number of nitriles is 1. The molecule has 0 fully saturated rings. The van der Waals surface area contributed by atoms with Gasteiger partial charge in [-0.25, -0.2) is 8.78 Å². The van der Waals surface area contributed by atoms with Gasteiger partial charge < -0.3 is 4.98 Å². The normalized spacial score (nSPS) is 10.7. The molecule has 98 valence electrons. The summed E-state index contributed by atoms with van der Waals surface area (Å²) in [5, 5.41) is 9.11. The number of fused-ring (bicyclic) bond motifs is 1. The van der Waals surface area contributed by atoms with Crippen LogP contribution in [0.2, 0.25) is 0 Å². The number of aromatic amines is 1. The van der Waals surface area contributed by atoms with E-state index in [4.69, 9.17) is 17.5 Å². The Morgan fingerprint density at radius 2 is 2.00 bits per heavy atom. The van der Waals surface area contributed by atoms with E-state index in [9.17, 15) is 8.78 Å². The number of halogens is 2. The third-order valence-corrected chi connectivity index (χ3v) is 3.27. The summed E-state index contributed by atoms with van der Waals surface area (Å²) >= 11 is 5.17. The van der Waals surface area contributed by atoms with Crippen molar-refractivity contribution in [2.45, 2.75) is 0 Å². The summed E-state index contributed by atoms with van der Waals surface area (Å²) in [6.45, 7) is 0. The molecule has 0 saturated heterocycles. The van der Waals surface area contributed by atoms with Crippen LogP contribution in [0, 0.1) is 27.7 Å². The van der Waals surface area contributed by atoms with Crippen molar-refractivity contribution in [1.82, 2.24) is 9.55 Å². The number of H-pyrrole nitrogens is 1. The van der Waals surface area contributed by atoms with Gasteiger partial charge in [0.15, 0.2) is 4.77 Å². The highest BCUT2D eigenvalue weighted by Gasteiger charge is 2.13. The highest BCUT2D eigenvalue weighted by molar-refractivity contribution is 7.71. The van der Waals surface area contributed by atoms with E-state index in [1.807, 2.05) is 6.07 Å². The molecule has 0 saturated carbocycles. The minimum Gasteiger partial charge on any atom is -0.328 e. The summed E-state index contributed by atoms with van der Waals surface area (Å²) in [7, 11) is 0. The SMILES string of the molecule is N#Cc1cc(F)ccc1-n1c(=S)[nH]c2c(F)cccc21. The molecule has 0 aliphatic carbocycles. The van der Waals surface area contributed by atoms with Crippen LogP contribution in [0.25, 0.3) is 16.7 Å². The Labute approximate surface area is 117 Å². The molecule has 0 atom stereocenters. The van der Waals surface area contributed by atoms with E-state index < -0.39 is 11.6 Å². The fourth-order valence-electron chi connectivity index (χ4n) is 2.13. The van der Waals surface area contributed by atoms with Crippen LogP contribution in [0.5, 0.6) is 0 Å². The molecule has 0 bridgehead atoms. The van der Waals surface area contributed by atoms with Crippen molar-refractivity contribution in [3.05, 3.63) is 58.4 Å². The lowest BCUT2D eigenvalue weighted by atomic mass is 10.2. The monoisotopic (exact) mass is 287 g/mol. The highest BCUT2D eigenvalue weighted by Crippen LogP contribution is 2.24.